The van der Waals surface area contributed by atoms with Gasteiger partial charge in [-0.2, -0.15) is 0 Å². The van der Waals surface area contributed by atoms with Crippen molar-refractivity contribution in [1.82, 2.24) is 0 Å². The van der Waals surface area contributed by atoms with Gasteiger partial charge in [-0.1, -0.05) is 11.6 Å². The van der Waals surface area contributed by atoms with Crippen LogP contribution in [0.4, 0.5) is 0 Å². The molecular formula is C11H13ClO. The van der Waals surface area contributed by atoms with Crippen molar-refractivity contribution in [1.29, 1.82) is 0 Å². The number of carbonyl (C=O) groups excluding carboxylic acids is 1. The van der Waals surface area contributed by atoms with Gasteiger partial charge in [-0.05, 0) is 49.9 Å². The second-order valence-corrected chi connectivity index (χ2v) is 3.72. The molecule has 70 valence electrons. The third-order valence-corrected chi connectivity index (χ3v) is 3.26. The zero-order valence-corrected chi connectivity index (χ0v) is 9.12. The number of hydrogen-bond donors (Lipinski definition) is 0. The minimum absolute atomic E-state index is 0.593. The van der Waals surface area contributed by atoms with Crippen LogP contribution in [0.25, 0.3) is 0 Å². The van der Waals surface area contributed by atoms with Gasteiger partial charge < -0.3 is 0 Å². The summed E-state index contributed by atoms with van der Waals surface area (Å²) in [6.45, 7) is 7.91. The highest BCUT2D eigenvalue weighted by atomic mass is 35.5. The van der Waals surface area contributed by atoms with E-state index in [4.69, 9.17) is 11.6 Å². The quantitative estimate of drug-likeness (QED) is 0.630. The number of halogens is 1. The highest BCUT2D eigenvalue weighted by Gasteiger charge is 2.12. The summed E-state index contributed by atoms with van der Waals surface area (Å²) in [5.41, 5.74) is 4.95. The molecule has 0 saturated heterocycles. The summed E-state index contributed by atoms with van der Waals surface area (Å²) < 4.78 is 0. The minimum atomic E-state index is 0.593. The number of aldehydes is 1. The van der Waals surface area contributed by atoms with Crippen molar-refractivity contribution in [3.63, 3.8) is 0 Å². The van der Waals surface area contributed by atoms with Crippen LogP contribution in [0.2, 0.25) is 5.02 Å². The molecule has 0 fully saturated rings. The topological polar surface area (TPSA) is 17.1 Å². The third-order valence-electron chi connectivity index (χ3n) is 2.78. The summed E-state index contributed by atoms with van der Waals surface area (Å²) in [7, 11) is 0. The standard InChI is InChI=1S/C11H13ClO/c1-6-7(2)9(4)11(12)10(5-13)8(6)3/h5H,1-4H3. The molecule has 0 spiro atoms. The number of benzene rings is 1. The molecule has 13 heavy (non-hydrogen) atoms. The lowest BCUT2D eigenvalue weighted by Crippen LogP contribution is -1.98. The molecule has 0 N–H and O–H groups in total. The monoisotopic (exact) mass is 196 g/mol. The highest BCUT2D eigenvalue weighted by molar-refractivity contribution is 6.34. The fourth-order valence-electron chi connectivity index (χ4n) is 1.44. The SMILES string of the molecule is Cc1c(C)c(C)c(C=O)c(Cl)c1C. The summed E-state index contributed by atoms with van der Waals surface area (Å²) in [5.74, 6) is 0. The zero-order valence-electron chi connectivity index (χ0n) is 8.36. The Labute approximate surface area is 83.7 Å². The van der Waals surface area contributed by atoms with Crippen molar-refractivity contribution >= 4 is 17.9 Å². The molecule has 1 aromatic rings. The molecule has 0 amide bonds. The van der Waals surface area contributed by atoms with E-state index in [1.54, 1.807) is 0 Å². The van der Waals surface area contributed by atoms with Gasteiger partial charge in [0, 0.05) is 5.56 Å². The number of carbonyl (C=O) groups is 1. The smallest absolute Gasteiger partial charge is 0.151 e. The van der Waals surface area contributed by atoms with E-state index in [1.807, 2.05) is 27.7 Å². The van der Waals surface area contributed by atoms with Crippen LogP contribution < -0.4 is 0 Å². The summed E-state index contributed by atoms with van der Waals surface area (Å²) in [4.78, 5) is 10.8. The number of rotatable bonds is 1. The maximum atomic E-state index is 10.8. The number of hydrogen-bond acceptors (Lipinski definition) is 1. The van der Waals surface area contributed by atoms with E-state index in [9.17, 15) is 4.79 Å². The predicted octanol–water partition coefficient (Wildman–Crippen LogP) is 3.39. The summed E-state index contributed by atoms with van der Waals surface area (Å²) in [6, 6.07) is 0. The lowest BCUT2D eigenvalue weighted by atomic mass is 9.95. The summed E-state index contributed by atoms with van der Waals surface area (Å²) in [6.07, 6.45) is 0.830. The molecular weight excluding hydrogens is 184 g/mol. The molecule has 2 heteroatoms. The van der Waals surface area contributed by atoms with Crippen LogP contribution in [0, 0.1) is 27.7 Å². The van der Waals surface area contributed by atoms with Gasteiger partial charge in [0.15, 0.2) is 6.29 Å². The van der Waals surface area contributed by atoms with Gasteiger partial charge in [0.2, 0.25) is 0 Å². The van der Waals surface area contributed by atoms with Gasteiger partial charge in [-0.15, -0.1) is 0 Å². The molecule has 0 saturated carbocycles. The third kappa shape index (κ3) is 1.49. The van der Waals surface area contributed by atoms with Crippen LogP contribution in [0.1, 0.15) is 32.6 Å². The van der Waals surface area contributed by atoms with E-state index in [-0.39, 0.29) is 0 Å². The zero-order chi connectivity index (χ0) is 10.2. The fourth-order valence-corrected chi connectivity index (χ4v) is 1.76. The molecule has 1 nitrogen and oxygen atoms in total. The summed E-state index contributed by atoms with van der Waals surface area (Å²) in [5, 5.41) is 0.593. The molecule has 0 heterocycles. The van der Waals surface area contributed by atoms with Crippen LogP contribution in [0.15, 0.2) is 0 Å². The largest absolute Gasteiger partial charge is 0.298 e. The molecule has 0 aromatic heterocycles. The van der Waals surface area contributed by atoms with Crippen LogP contribution in [-0.4, -0.2) is 6.29 Å². The Kier molecular flexibility index (Phi) is 2.77. The van der Waals surface area contributed by atoms with Crippen molar-refractivity contribution in [2.45, 2.75) is 27.7 Å². The molecule has 1 aromatic carbocycles. The minimum Gasteiger partial charge on any atom is -0.298 e. The van der Waals surface area contributed by atoms with E-state index >= 15 is 0 Å². The molecule has 0 aliphatic heterocycles. The Morgan fingerprint density at radius 1 is 0.923 bits per heavy atom. The first-order chi connectivity index (χ1) is 6.00. The van der Waals surface area contributed by atoms with Gasteiger partial charge >= 0.3 is 0 Å². The second-order valence-electron chi connectivity index (χ2n) is 3.35. The van der Waals surface area contributed by atoms with Gasteiger partial charge in [0.05, 0.1) is 5.02 Å². The highest BCUT2D eigenvalue weighted by Crippen LogP contribution is 2.28. The maximum Gasteiger partial charge on any atom is 0.151 e. The first-order valence-electron chi connectivity index (χ1n) is 4.21. The van der Waals surface area contributed by atoms with Gasteiger partial charge in [-0.25, -0.2) is 0 Å². The second kappa shape index (κ2) is 3.51. The van der Waals surface area contributed by atoms with E-state index in [0.717, 1.165) is 23.0 Å². The molecule has 0 bridgehead atoms. The molecule has 0 atom stereocenters. The Hall–Kier alpha value is -0.820. The van der Waals surface area contributed by atoms with Crippen LogP contribution in [0.5, 0.6) is 0 Å². The molecule has 0 aliphatic carbocycles. The van der Waals surface area contributed by atoms with Crippen molar-refractivity contribution in [2.24, 2.45) is 0 Å². The molecule has 1 rings (SSSR count). The van der Waals surface area contributed by atoms with Crippen molar-refractivity contribution < 1.29 is 4.79 Å². The van der Waals surface area contributed by atoms with Crippen molar-refractivity contribution in [3.05, 3.63) is 32.8 Å². The van der Waals surface area contributed by atoms with E-state index in [0.29, 0.717) is 10.6 Å². The van der Waals surface area contributed by atoms with Crippen LogP contribution in [-0.2, 0) is 0 Å². The Bertz CT molecular complexity index is 338. The average molecular weight is 197 g/mol. The van der Waals surface area contributed by atoms with E-state index < -0.39 is 0 Å². The van der Waals surface area contributed by atoms with Crippen molar-refractivity contribution in [2.75, 3.05) is 0 Å². The summed E-state index contributed by atoms with van der Waals surface area (Å²) >= 11 is 6.04. The molecule has 0 unspecified atom stereocenters. The first kappa shape index (κ1) is 10.3. The normalized spacial score (nSPS) is 10.2. The average Bonchev–Trinajstić information content (AvgIpc) is 2.13. The molecule has 0 aliphatic rings. The van der Waals surface area contributed by atoms with E-state index in [1.165, 1.54) is 5.56 Å². The van der Waals surface area contributed by atoms with Gasteiger partial charge in [-0.3, -0.25) is 4.79 Å². The lowest BCUT2D eigenvalue weighted by Gasteiger charge is -2.13. The Morgan fingerprint density at radius 3 is 1.85 bits per heavy atom. The fraction of sp³-hybridized carbons (Fsp3) is 0.364. The van der Waals surface area contributed by atoms with Gasteiger partial charge in [0.25, 0.3) is 0 Å². The first-order valence-corrected chi connectivity index (χ1v) is 4.59. The lowest BCUT2D eigenvalue weighted by molar-refractivity contribution is 0.112. The van der Waals surface area contributed by atoms with E-state index in [2.05, 4.69) is 0 Å². The van der Waals surface area contributed by atoms with Crippen LogP contribution >= 0.6 is 11.6 Å². The maximum absolute atomic E-state index is 10.8. The Balaban J connectivity index is 3.66. The Morgan fingerprint density at radius 2 is 1.38 bits per heavy atom. The van der Waals surface area contributed by atoms with Crippen molar-refractivity contribution in [3.8, 4) is 0 Å². The molecule has 0 radical (unpaired) electrons. The van der Waals surface area contributed by atoms with Gasteiger partial charge in [0.1, 0.15) is 0 Å². The van der Waals surface area contributed by atoms with Crippen LogP contribution in [0.3, 0.4) is 0 Å². The predicted molar refractivity (Wildman–Crippen MR) is 55.8 cm³/mol.